The van der Waals surface area contributed by atoms with Crippen LogP contribution in [0, 0.1) is 0 Å². The zero-order valence-electron chi connectivity index (χ0n) is 9.90. The molecule has 0 aliphatic heterocycles. The molecule has 84 valence electrons. The summed E-state index contributed by atoms with van der Waals surface area (Å²) in [6.45, 7) is 8.69. The van der Waals surface area contributed by atoms with E-state index in [1.165, 1.54) is 12.0 Å². The molecule has 3 heteroatoms. The van der Waals surface area contributed by atoms with Gasteiger partial charge in [-0.2, -0.15) is 0 Å². The second-order valence-electron chi connectivity index (χ2n) is 3.91. The van der Waals surface area contributed by atoms with Crippen LogP contribution in [0.25, 0.3) is 0 Å². The minimum atomic E-state index is 0.604. The lowest BCUT2D eigenvalue weighted by Crippen LogP contribution is -2.31. The fourth-order valence-corrected chi connectivity index (χ4v) is 1.66. The molecule has 0 radical (unpaired) electrons. The smallest absolute Gasteiger partial charge is 0.123 e. The average molecular weight is 207 g/mol. The molecule has 0 aromatic carbocycles. The van der Waals surface area contributed by atoms with Crippen LogP contribution in [-0.2, 0) is 6.54 Å². The van der Waals surface area contributed by atoms with Crippen LogP contribution in [0.1, 0.15) is 32.8 Å². The molecule has 0 spiro atoms. The normalized spacial score (nSPS) is 13.1. The van der Waals surface area contributed by atoms with Crippen molar-refractivity contribution in [2.75, 3.05) is 12.3 Å². The van der Waals surface area contributed by atoms with Crippen LogP contribution in [0.15, 0.2) is 18.3 Å². The van der Waals surface area contributed by atoms with E-state index in [4.69, 9.17) is 5.73 Å². The number of nitrogen functional groups attached to an aromatic ring is 1. The lowest BCUT2D eigenvalue weighted by Gasteiger charge is -2.26. The fraction of sp³-hybridized carbons (Fsp3) is 0.583. The van der Waals surface area contributed by atoms with Crippen LogP contribution in [0.5, 0.6) is 0 Å². The number of nitrogens with two attached hydrogens (primary N) is 1. The van der Waals surface area contributed by atoms with E-state index in [1.807, 2.05) is 12.1 Å². The van der Waals surface area contributed by atoms with Crippen LogP contribution in [0.4, 0.5) is 5.82 Å². The van der Waals surface area contributed by atoms with Gasteiger partial charge in [0.2, 0.25) is 0 Å². The SMILES string of the molecule is CCC(C)N(CC)Cc1ccnc(N)c1. The number of aromatic nitrogens is 1. The molecule has 0 aliphatic carbocycles. The van der Waals surface area contributed by atoms with E-state index in [1.54, 1.807) is 6.20 Å². The number of hydrogen-bond donors (Lipinski definition) is 1. The molecule has 1 atom stereocenters. The molecule has 2 N–H and O–H groups in total. The maximum Gasteiger partial charge on any atom is 0.123 e. The molecule has 3 nitrogen and oxygen atoms in total. The molecule has 0 saturated heterocycles. The van der Waals surface area contributed by atoms with Crippen molar-refractivity contribution in [2.24, 2.45) is 0 Å². The minimum absolute atomic E-state index is 0.604. The molecular formula is C12H21N3. The molecule has 1 rings (SSSR count). The van der Waals surface area contributed by atoms with Crippen LogP contribution < -0.4 is 5.73 Å². The van der Waals surface area contributed by atoms with E-state index in [2.05, 4.69) is 30.7 Å². The molecule has 1 aromatic rings. The second-order valence-corrected chi connectivity index (χ2v) is 3.91. The van der Waals surface area contributed by atoms with Crippen molar-refractivity contribution in [1.29, 1.82) is 0 Å². The highest BCUT2D eigenvalue weighted by Crippen LogP contribution is 2.11. The zero-order valence-corrected chi connectivity index (χ0v) is 9.90. The first-order valence-electron chi connectivity index (χ1n) is 5.61. The number of hydrogen-bond acceptors (Lipinski definition) is 3. The Labute approximate surface area is 92.3 Å². The predicted octanol–water partition coefficient (Wildman–Crippen LogP) is 2.28. The van der Waals surface area contributed by atoms with Crippen LogP contribution >= 0.6 is 0 Å². The van der Waals surface area contributed by atoms with Crippen molar-refractivity contribution in [3.63, 3.8) is 0 Å². The minimum Gasteiger partial charge on any atom is -0.384 e. The van der Waals surface area contributed by atoms with Crippen molar-refractivity contribution >= 4 is 5.82 Å². The van der Waals surface area contributed by atoms with Gasteiger partial charge >= 0.3 is 0 Å². The van der Waals surface area contributed by atoms with Crippen molar-refractivity contribution in [3.05, 3.63) is 23.9 Å². The lowest BCUT2D eigenvalue weighted by molar-refractivity contribution is 0.206. The molecule has 0 bridgehead atoms. The Bertz CT molecular complexity index is 299. The summed E-state index contributed by atoms with van der Waals surface area (Å²) < 4.78 is 0. The third kappa shape index (κ3) is 3.51. The molecule has 15 heavy (non-hydrogen) atoms. The Morgan fingerprint density at radius 3 is 2.73 bits per heavy atom. The topological polar surface area (TPSA) is 42.2 Å². The highest BCUT2D eigenvalue weighted by Gasteiger charge is 2.10. The lowest BCUT2D eigenvalue weighted by atomic mass is 10.2. The molecule has 0 fully saturated rings. The van der Waals surface area contributed by atoms with Gasteiger partial charge in [0.1, 0.15) is 5.82 Å². The van der Waals surface area contributed by atoms with Crippen molar-refractivity contribution in [2.45, 2.75) is 39.8 Å². The molecule has 1 aromatic heterocycles. The summed E-state index contributed by atoms with van der Waals surface area (Å²) in [5.74, 6) is 0.604. The van der Waals surface area contributed by atoms with Gasteiger partial charge in [-0.3, -0.25) is 4.90 Å². The Hall–Kier alpha value is -1.09. The first-order valence-corrected chi connectivity index (χ1v) is 5.61. The highest BCUT2D eigenvalue weighted by molar-refractivity contribution is 5.31. The maximum absolute atomic E-state index is 5.65. The quantitative estimate of drug-likeness (QED) is 0.805. The Morgan fingerprint density at radius 2 is 2.20 bits per heavy atom. The van der Waals surface area contributed by atoms with Gasteiger partial charge in [0.05, 0.1) is 0 Å². The molecule has 0 amide bonds. The molecule has 1 unspecified atom stereocenters. The van der Waals surface area contributed by atoms with E-state index in [0.29, 0.717) is 11.9 Å². The van der Waals surface area contributed by atoms with Gasteiger partial charge in [-0.05, 0) is 37.6 Å². The van der Waals surface area contributed by atoms with Gasteiger partial charge in [-0.25, -0.2) is 4.98 Å². The van der Waals surface area contributed by atoms with Gasteiger partial charge in [-0.1, -0.05) is 13.8 Å². The summed E-state index contributed by atoms with van der Waals surface area (Å²) in [5, 5.41) is 0. The maximum atomic E-state index is 5.65. The summed E-state index contributed by atoms with van der Waals surface area (Å²) in [6, 6.07) is 4.59. The monoisotopic (exact) mass is 207 g/mol. The predicted molar refractivity (Wildman–Crippen MR) is 64.5 cm³/mol. The van der Waals surface area contributed by atoms with Gasteiger partial charge < -0.3 is 5.73 Å². The summed E-state index contributed by atoms with van der Waals surface area (Å²) in [6.07, 6.45) is 2.95. The standard InChI is InChI=1S/C12H21N3/c1-4-10(3)15(5-2)9-11-6-7-14-12(13)8-11/h6-8,10H,4-5,9H2,1-3H3,(H2,13,14). The van der Waals surface area contributed by atoms with Gasteiger partial charge in [0.25, 0.3) is 0 Å². The summed E-state index contributed by atoms with van der Waals surface area (Å²) >= 11 is 0. The van der Waals surface area contributed by atoms with Crippen LogP contribution in [0.2, 0.25) is 0 Å². The molecule has 0 aliphatic rings. The fourth-order valence-electron chi connectivity index (χ4n) is 1.66. The van der Waals surface area contributed by atoms with Crippen LogP contribution in [-0.4, -0.2) is 22.5 Å². The van der Waals surface area contributed by atoms with E-state index in [0.717, 1.165) is 13.1 Å². The number of nitrogens with zero attached hydrogens (tertiary/aromatic N) is 2. The number of pyridine rings is 1. The highest BCUT2D eigenvalue weighted by atomic mass is 15.1. The Kier molecular flexibility index (Phi) is 4.56. The molecule has 0 saturated carbocycles. The van der Waals surface area contributed by atoms with Crippen molar-refractivity contribution in [1.82, 2.24) is 9.88 Å². The third-order valence-electron chi connectivity index (χ3n) is 2.85. The zero-order chi connectivity index (χ0) is 11.3. The Balaban J connectivity index is 2.66. The Morgan fingerprint density at radius 1 is 1.47 bits per heavy atom. The van der Waals surface area contributed by atoms with Gasteiger partial charge in [-0.15, -0.1) is 0 Å². The van der Waals surface area contributed by atoms with Crippen molar-refractivity contribution < 1.29 is 0 Å². The number of rotatable bonds is 5. The largest absolute Gasteiger partial charge is 0.384 e. The summed E-state index contributed by atoms with van der Waals surface area (Å²) in [4.78, 5) is 6.44. The van der Waals surface area contributed by atoms with E-state index < -0.39 is 0 Å². The number of anilines is 1. The van der Waals surface area contributed by atoms with Crippen molar-refractivity contribution in [3.8, 4) is 0 Å². The first kappa shape index (κ1) is 12.0. The molecular weight excluding hydrogens is 186 g/mol. The van der Waals surface area contributed by atoms with Gasteiger partial charge in [0.15, 0.2) is 0 Å². The third-order valence-corrected chi connectivity index (χ3v) is 2.85. The molecule has 1 heterocycles. The van der Waals surface area contributed by atoms with E-state index >= 15 is 0 Å². The van der Waals surface area contributed by atoms with E-state index in [-0.39, 0.29) is 0 Å². The average Bonchev–Trinajstić information content (AvgIpc) is 2.25. The summed E-state index contributed by atoms with van der Waals surface area (Å²) in [7, 11) is 0. The second kappa shape index (κ2) is 5.71. The first-order chi connectivity index (χ1) is 7.17. The van der Waals surface area contributed by atoms with Crippen LogP contribution in [0.3, 0.4) is 0 Å². The van der Waals surface area contributed by atoms with E-state index in [9.17, 15) is 0 Å². The van der Waals surface area contributed by atoms with Gasteiger partial charge in [0, 0.05) is 18.8 Å². The summed E-state index contributed by atoms with van der Waals surface area (Å²) in [5.41, 5.74) is 6.90.